The average molecular weight is 403 g/mol. The van der Waals surface area contributed by atoms with Gasteiger partial charge in [-0.3, -0.25) is 9.59 Å². The fraction of sp³-hybridized carbons (Fsp3) is 0.500. The normalized spacial score (nSPS) is 24.5. The van der Waals surface area contributed by atoms with Crippen molar-refractivity contribution in [2.45, 2.75) is 19.4 Å². The number of amides is 2. The molecule has 23 heavy (non-hydrogen) atoms. The van der Waals surface area contributed by atoms with E-state index >= 15 is 0 Å². The van der Waals surface area contributed by atoms with Crippen molar-refractivity contribution in [1.82, 2.24) is 10.2 Å². The lowest BCUT2D eigenvalue weighted by Gasteiger charge is -2.35. The molecule has 0 bridgehead atoms. The monoisotopic (exact) mass is 401 g/mol. The molecule has 1 aromatic carbocycles. The van der Waals surface area contributed by atoms with Crippen LogP contribution in [0.3, 0.4) is 0 Å². The molecular formula is C16H21BrClN3O2. The van der Waals surface area contributed by atoms with E-state index in [0.29, 0.717) is 19.5 Å². The second-order valence-corrected chi connectivity index (χ2v) is 6.81. The molecule has 2 aliphatic heterocycles. The van der Waals surface area contributed by atoms with Gasteiger partial charge in [0.1, 0.15) is 5.92 Å². The maximum absolute atomic E-state index is 12.7. The van der Waals surface area contributed by atoms with E-state index < -0.39 is 5.92 Å². The molecule has 2 amide bonds. The molecule has 2 atom stereocenters. The smallest absolute Gasteiger partial charge is 0.239 e. The summed E-state index contributed by atoms with van der Waals surface area (Å²) < 4.78 is 0.934. The van der Waals surface area contributed by atoms with Crippen LogP contribution in [0.1, 0.15) is 13.3 Å². The van der Waals surface area contributed by atoms with E-state index in [1.807, 2.05) is 36.1 Å². The molecule has 7 heteroatoms. The van der Waals surface area contributed by atoms with Crippen LogP contribution in [-0.2, 0) is 9.59 Å². The van der Waals surface area contributed by atoms with E-state index in [1.165, 1.54) is 0 Å². The highest BCUT2D eigenvalue weighted by Crippen LogP contribution is 2.28. The molecule has 1 N–H and O–H groups in total. The Balaban J connectivity index is 0.00000192. The molecule has 1 aromatic rings. The first-order chi connectivity index (χ1) is 10.6. The Kier molecular flexibility index (Phi) is 6.06. The second kappa shape index (κ2) is 7.64. The number of anilines is 1. The summed E-state index contributed by atoms with van der Waals surface area (Å²) >= 11 is 3.42. The van der Waals surface area contributed by atoms with Crippen LogP contribution in [0.4, 0.5) is 5.69 Å². The maximum Gasteiger partial charge on any atom is 0.239 e. The van der Waals surface area contributed by atoms with Crippen LogP contribution in [0.25, 0.3) is 0 Å². The quantitative estimate of drug-likeness (QED) is 0.770. The number of carbonyl (C=O) groups is 2. The van der Waals surface area contributed by atoms with E-state index in [0.717, 1.165) is 23.2 Å². The van der Waals surface area contributed by atoms with Crippen molar-refractivity contribution in [2.24, 2.45) is 5.92 Å². The Morgan fingerprint density at radius 2 is 2.13 bits per heavy atom. The molecule has 0 aromatic heterocycles. The van der Waals surface area contributed by atoms with E-state index in [9.17, 15) is 9.59 Å². The summed E-state index contributed by atoms with van der Waals surface area (Å²) in [6, 6.07) is 7.80. The predicted octanol–water partition coefficient (Wildman–Crippen LogP) is 2.04. The molecule has 2 heterocycles. The fourth-order valence-corrected chi connectivity index (χ4v) is 3.57. The molecule has 1 unspecified atom stereocenters. The van der Waals surface area contributed by atoms with Gasteiger partial charge in [0.05, 0.1) is 0 Å². The van der Waals surface area contributed by atoms with Gasteiger partial charge in [-0.15, -0.1) is 12.4 Å². The number of nitrogens with one attached hydrogen (secondary N) is 1. The lowest BCUT2D eigenvalue weighted by molar-refractivity contribution is -0.142. The summed E-state index contributed by atoms with van der Waals surface area (Å²) in [5.41, 5.74) is 0.850. The lowest BCUT2D eigenvalue weighted by Crippen LogP contribution is -2.54. The molecule has 5 nitrogen and oxygen atoms in total. The number of carbonyl (C=O) groups excluding carboxylic acids is 2. The van der Waals surface area contributed by atoms with Gasteiger partial charge >= 0.3 is 0 Å². The average Bonchev–Trinajstić information content (AvgIpc) is 2.89. The largest absolute Gasteiger partial charge is 0.337 e. The highest BCUT2D eigenvalue weighted by Gasteiger charge is 2.41. The summed E-state index contributed by atoms with van der Waals surface area (Å²) in [5.74, 6) is -0.620. The number of benzene rings is 1. The molecule has 0 aliphatic carbocycles. The van der Waals surface area contributed by atoms with Crippen molar-refractivity contribution in [3.05, 3.63) is 28.7 Å². The minimum atomic E-state index is -0.528. The first-order valence-electron chi connectivity index (χ1n) is 7.66. The zero-order valence-corrected chi connectivity index (χ0v) is 15.4. The van der Waals surface area contributed by atoms with Crippen LogP contribution >= 0.6 is 28.3 Å². The number of rotatable bonds is 2. The van der Waals surface area contributed by atoms with Gasteiger partial charge < -0.3 is 15.1 Å². The number of halogens is 2. The number of hydrogen-bond donors (Lipinski definition) is 1. The Hall–Kier alpha value is -1.11. The topological polar surface area (TPSA) is 52.7 Å². The standard InChI is InChI=1S/C16H20BrN3O2.ClH/c1-11-10-18-6-8-19(11)15(21)14-5-7-20(16(14)22)13-4-2-3-12(17)9-13;/h2-4,9,11,14,18H,5-8,10H2,1H3;1H/t11-,14?;/m0./s1. The minimum absolute atomic E-state index is 0. The second-order valence-electron chi connectivity index (χ2n) is 5.90. The van der Waals surface area contributed by atoms with Crippen LogP contribution in [0, 0.1) is 5.92 Å². The van der Waals surface area contributed by atoms with E-state index in [2.05, 4.69) is 21.2 Å². The Bertz CT molecular complexity index is 598. The third kappa shape index (κ3) is 3.70. The van der Waals surface area contributed by atoms with Gasteiger partial charge in [-0.1, -0.05) is 22.0 Å². The van der Waals surface area contributed by atoms with Gasteiger partial charge in [-0.05, 0) is 31.5 Å². The molecule has 126 valence electrons. The zero-order valence-electron chi connectivity index (χ0n) is 13.0. The van der Waals surface area contributed by atoms with E-state index in [1.54, 1.807) is 4.90 Å². The Morgan fingerprint density at radius 1 is 1.35 bits per heavy atom. The fourth-order valence-electron chi connectivity index (χ4n) is 3.18. The van der Waals surface area contributed by atoms with Gasteiger partial charge in [0.25, 0.3) is 0 Å². The van der Waals surface area contributed by atoms with Gasteiger partial charge in [0, 0.05) is 42.4 Å². The summed E-state index contributed by atoms with van der Waals surface area (Å²) in [5, 5.41) is 3.27. The summed E-state index contributed by atoms with van der Waals surface area (Å²) in [7, 11) is 0. The van der Waals surface area contributed by atoms with Gasteiger partial charge in [-0.2, -0.15) is 0 Å². The first-order valence-corrected chi connectivity index (χ1v) is 8.45. The number of nitrogens with zero attached hydrogens (tertiary/aromatic N) is 2. The van der Waals surface area contributed by atoms with Crippen LogP contribution in [-0.4, -0.2) is 48.9 Å². The minimum Gasteiger partial charge on any atom is -0.337 e. The molecule has 2 aliphatic rings. The van der Waals surface area contributed by atoms with Crippen molar-refractivity contribution in [1.29, 1.82) is 0 Å². The van der Waals surface area contributed by atoms with Crippen LogP contribution in [0.15, 0.2) is 28.7 Å². The number of hydrogen-bond acceptors (Lipinski definition) is 3. The molecular weight excluding hydrogens is 382 g/mol. The summed E-state index contributed by atoms with van der Waals surface area (Å²) in [4.78, 5) is 28.9. The Labute approximate surface area is 150 Å². The van der Waals surface area contributed by atoms with Crippen LogP contribution < -0.4 is 10.2 Å². The molecule has 0 saturated carbocycles. The first kappa shape index (κ1) is 18.2. The third-order valence-corrected chi connectivity index (χ3v) is 4.90. The summed E-state index contributed by atoms with van der Waals surface area (Å²) in [6.07, 6.45) is 0.598. The SMILES string of the molecule is C[C@H]1CNCCN1C(=O)C1CCN(c2cccc(Br)c2)C1=O.Cl. The third-order valence-electron chi connectivity index (χ3n) is 4.41. The van der Waals surface area contributed by atoms with Crippen LogP contribution in [0.5, 0.6) is 0 Å². The predicted molar refractivity (Wildman–Crippen MR) is 95.9 cm³/mol. The highest BCUT2D eigenvalue weighted by atomic mass is 79.9. The van der Waals surface area contributed by atoms with Gasteiger partial charge in [-0.25, -0.2) is 0 Å². The van der Waals surface area contributed by atoms with Crippen molar-refractivity contribution in [3.8, 4) is 0 Å². The summed E-state index contributed by atoms with van der Waals surface area (Å²) in [6.45, 7) is 4.90. The molecule has 0 spiro atoms. The molecule has 3 rings (SSSR count). The van der Waals surface area contributed by atoms with Crippen molar-refractivity contribution < 1.29 is 9.59 Å². The van der Waals surface area contributed by atoms with Gasteiger partial charge in [0.15, 0.2) is 0 Å². The maximum atomic E-state index is 12.7. The molecule has 2 saturated heterocycles. The van der Waals surface area contributed by atoms with E-state index in [-0.39, 0.29) is 30.3 Å². The zero-order chi connectivity index (χ0) is 15.7. The van der Waals surface area contributed by atoms with Crippen molar-refractivity contribution in [2.75, 3.05) is 31.1 Å². The number of piperazine rings is 1. The Morgan fingerprint density at radius 3 is 2.83 bits per heavy atom. The van der Waals surface area contributed by atoms with E-state index in [4.69, 9.17) is 0 Å². The van der Waals surface area contributed by atoms with Crippen LogP contribution in [0.2, 0.25) is 0 Å². The van der Waals surface area contributed by atoms with Gasteiger partial charge in [0.2, 0.25) is 11.8 Å². The van der Waals surface area contributed by atoms with Crippen molar-refractivity contribution in [3.63, 3.8) is 0 Å². The lowest BCUT2D eigenvalue weighted by atomic mass is 10.0. The van der Waals surface area contributed by atoms with Crippen molar-refractivity contribution >= 4 is 45.8 Å². The molecule has 2 fully saturated rings. The highest BCUT2D eigenvalue weighted by molar-refractivity contribution is 9.10. The molecule has 0 radical (unpaired) electrons.